The van der Waals surface area contributed by atoms with Crippen molar-refractivity contribution in [2.75, 3.05) is 21.3 Å². The maximum atomic E-state index is 6.21. The van der Waals surface area contributed by atoms with E-state index in [2.05, 4.69) is 9.89 Å². The fourth-order valence-corrected chi connectivity index (χ4v) is 2.88. The van der Waals surface area contributed by atoms with Crippen molar-refractivity contribution in [1.29, 1.82) is 0 Å². The molecule has 0 amide bonds. The van der Waals surface area contributed by atoms with Crippen molar-refractivity contribution in [2.24, 2.45) is 4.99 Å². The monoisotopic (exact) mass is 305 g/mol. The molecule has 21 heavy (non-hydrogen) atoms. The highest BCUT2D eigenvalue weighted by Crippen LogP contribution is 2.36. The zero-order chi connectivity index (χ0) is 15.0. The van der Waals surface area contributed by atoms with E-state index in [-0.39, 0.29) is 6.17 Å². The SMILES string of the molecule is COc1ccc(C2=CN(C)C3C(Cl)=NC=CN23)cc1OC. The van der Waals surface area contributed by atoms with Crippen LogP contribution in [0.25, 0.3) is 5.70 Å². The number of hydrogen-bond acceptors (Lipinski definition) is 5. The zero-order valence-electron chi connectivity index (χ0n) is 12.1. The Kier molecular flexibility index (Phi) is 3.51. The highest BCUT2D eigenvalue weighted by Gasteiger charge is 2.34. The van der Waals surface area contributed by atoms with Crippen LogP contribution in [0.1, 0.15) is 5.56 Å². The minimum Gasteiger partial charge on any atom is -0.493 e. The average Bonchev–Trinajstić information content (AvgIpc) is 2.85. The molecule has 3 rings (SSSR count). The summed E-state index contributed by atoms with van der Waals surface area (Å²) in [6.45, 7) is 0. The van der Waals surface area contributed by atoms with Crippen LogP contribution in [0.5, 0.6) is 11.5 Å². The molecule has 0 bridgehead atoms. The smallest absolute Gasteiger partial charge is 0.161 e. The molecule has 0 spiro atoms. The molecule has 1 atom stereocenters. The first-order chi connectivity index (χ1) is 10.2. The molecule has 2 aliphatic rings. The van der Waals surface area contributed by atoms with Gasteiger partial charge in [-0.3, -0.25) is 0 Å². The van der Waals surface area contributed by atoms with E-state index in [4.69, 9.17) is 21.1 Å². The van der Waals surface area contributed by atoms with Gasteiger partial charge in [-0.15, -0.1) is 0 Å². The first kappa shape index (κ1) is 13.8. The third kappa shape index (κ3) is 2.23. The zero-order valence-corrected chi connectivity index (χ0v) is 12.8. The lowest BCUT2D eigenvalue weighted by Crippen LogP contribution is -2.40. The van der Waals surface area contributed by atoms with Crippen LogP contribution >= 0.6 is 11.6 Å². The molecular weight excluding hydrogens is 290 g/mol. The Hall–Kier alpha value is -2.14. The summed E-state index contributed by atoms with van der Waals surface area (Å²) >= 11 is 6.21. The number of aliphatic imine (C=N–C) groups is 1. The predicted molar refractivity (Wildman–Crippen MR) is 83.3 cm³/mol. The van der Waals surface area contributed by atoms with Crippen LogP contribution in [0, 0.1) is 0 Å². The van der Waals surface area contributed by atoms with E-state index < -0.39 is 0 Å². The normalized spacial score (nSPS) is 20.1. The number of ether oxygens (including phenoxy) is 2. The second-order valence-corrected chi connectivity index (χ2v) is 5.17. The largest absolute Gasteiger partial charge is 0.493 e. The summed E-state index contributed by atoms with van der Waals surface area (Å²) in [7, 11) is 5.23. The Labute approximate surface area is 128 Å². The number of fused-ring (bicyclic) bond motifs is 1. The van der Waals surface area contributed by atoms with E-state index >= 15 is 0 Å². The molecule has 0 saturated carbocycles. The number of rotatable bonds is 3. The molecule has 0 radical (unpaired) electrons. The second-order valence-electron chi connectivity index (χ2n) is 4.78. The highest BCUT2D eigenvalue weighted by molar-refractivity contribution is 6.66. The third-order valence-electron chi connectivity index (χ3n) is 3.57. The van der Waals surface area contributed by atoms with E-state index in [1.54, 1.807) is 20.4 Å². The highest BCUT2D eigenvalue weighted by atomic mass is 35.5. The van der Waals surface area contributed by atoms with Crippen molar-refractivity contribution in [3.8, 4) is 11.5 Å². The average molecular weight is 306 g/mol. The molecule has 5 nitrogen and oxygen atoms in total. The molecular formula is C15H16ClN3O2. The number of hydrogen-bond donors (Lipinski definition) is 0. The standard InChI is InChI=1S/C15H16ClN3O2/c1-18-9-11(19-7-6-17-14(16)15(18)19)10-4-5-12(20-2)13(8-10)21-3/h4-9,15H,1-3H3. The van der Waals surface area contributed by atoms with Gasteiger partial charge in [-0.2, -0.15) is 0 Å². The Morgan fingerprint density at radius 1 is 1.19 bits per heavy atom. The molecule has 0 aliphatic carbocycles. The van der Waals surface area contributed by atoms with Crippen LogP contribution in [0.3, 0.4) is 0 Å². The van der Waals surface area contributed by atoms with Gasteiger partial charge in [0.15, 0.2) is 17.7 Å². The van der Waals surface area contributed by atoms with E-state index in [0.717, 1.165) is 11.3 Å². The Morgan fingerprint density at radius 2 is 1.95 bits per heavy atom. The van der Waals surface area contributed by atoms with E-state index in [9.17, 15) is 0 Å². The summed E-state index contributed by atoms with van der Waals surface area (Å²) in [6.07, 6.45) is 5.58. The van der Waals surface area contributed by atoms with Crippen LogP contribution in [-0.2, 0) is 0 Å². The van der Waals surface area contributed by atoms with Crippen molar-refractivity contribution in [3.05, 3.63) is 42.4 Å². The van der Waals surface area contributed by atoms with Gasteiger partial charge >= 0.3 is 0 Å². The van der Waals surface area contributed by atoms with Gasteiger partial charge < -0.3 is 19.3 Å². The van der Waals surface area contributed by atoms with Crippen molar-refractivity contribution >= 4 is 22.5 Å². The number of halogens is 1. The number of nitrogens with zero attached hydrogens (tertiary/aromatic N) is 3. The molecule has 110 valence electrons. The Balaban J connectivity index is 2.00. The lowest BCUT2D eigenvalue weighted by molar-refractivity contribution is 0.305. The lowest BCUT2D eigenvalue weighted by atomic mass is 10.1. The predicted octanol–water partition coefficient (Wildman–Crippen LogP) is 2.70. The van der Waals surface area contributed by atoms with Gasteiger partial charge in [0, 0.05) is 31.2 Å². The van der Waals surface area contributed by atoms with E-state index in [1.807, 2.05) is 42.5 Å². The van der Waals surface area contributed by atoms with Gasteiger partial charge in [-0.25, -0.2) is 4.99 Å². The Morgan fingerprint density at radius 3 is 2.67 bits per heavy atom. The number of benzene rings is 1. The van der Waals surface area contributed by atoms with Crippen molar-refractivity contribution in [2.45, 2.75) is 6.17 Å². The molecule has 0 saturated heterocycles. The van der Waals surface area contributed by atoms with Gasteiger partial charge in [0.25, 0.3) is 0 Å². The third-order valence-corrected chi connectivity index (χ3v) is 3.86. The van der Waals surface area contributed by atoms with Crippen LogP contribution in [0.15, 0.2) is 41.8 Å². The summed E-state index contributed by atoms with van der Waals surface area (Å²) in [5.41, 5.74) is 2.06. The fraction of sp³-hybridized carbons (Fsp3) is 0.267. The van der Waals surface area contributed by atoms with Crippen molar-refractivity contribution in [3.63, 3.8) is 0 Å². The minimum atomic E-state index is -0.0836. The summed E-state index contributed by atoms with van der Waals surface area (Å²) in [4.78, 5) is 8.26. The van der Waals surface area contributed by atoms with Gasteiger partial charge in [-0.1, -0.05) is 11.6 Å². The Bertz CT molecular complexity index is 654. The molecule has 1 aromatic rings. The molecule has 1 unspecified atom stereocenters. The molecule has 0 aromatic heterocycles. The maximum Gasteiger partial charge on any atom is 0.161 e. The fourth-order valence-electron chi connectivity index (χ4n) is 2.56. The van der Waals surface area contributed by atoms with E-state index in [0.29, 0.717) is 16.7 Å². The van der Waals surface area contributed by atoms with Gasteiger partial charge in [0.1, 0.15) is 5.17 Å². The van der Waals surface area contributed by atoms with Crippen molar-refractivity contribution in [1.82, 2.24) is 9.80 Å². The van der Waals surface area contributed by atoms with E-state index in [1.165, 1.54) is 0 Å². The van der Waals surface area contributed by atoms with Gasteiger partial charge in [0.05, 0.1) is 19.9 Å². The van der Waals surface area contributed by atoms with Crippen molar-refractivity contribution < 1.29 is 9.47 Å². The lowest BCUT2D eigenvalue weighted by Gasteiger charge is -2.30. The molecule has 2 aliphatic heterocycles. The first-order valence-electron chi connectivity index (χ1n) is 6.50. The summed E-state index contributed by atoms with van der Waals surface area (Å²) in [6, 6.07) is 5.84. The molecule has 0 N–H and O–H groups in total. The maximum absolute atomic E-state index is 6.21. The topological polar surface area (TPSA) is 37.3 Å². The first-order valence-corrected chi connectivity index (χ1v) is 6.88. The summed E-state index contributed by atoms with van der Waals surface area (Å²) < 4.78 is 10.6. The minimum absolute atomic E-state index is 0.0836. The summed E-state index contributed by atoms with van der Waals surface area (Å²) in [5, 5.41) is 0.548. The second kappa shape index (κ2) is 5.33. The molecule has 1 aromatic carbocycles. The molecule has 2 heterocycles. The molecule has 0 fully saturated rings. The summed E-state index contributed by atoms with van der Waals surface area (Å²) in [5.74, 6) is 1.40. The van der Waals surface area contributed by atoms with Crippen LogP contribution < -0.4 is 9.47 Å². The van der Waals surface area contributed by atoms with Gasteiger partial charge in [-0.05, 0) is 18.2 Å². The quantitative estimate of drug-likeness (QED) is 0.860. The molecule has 6 heteroatoms. The van der Waals surface area contributed by atoms with Crippen LogP contribution in [0.2, 0.25) is 0 Å². The number of methoxy groups -OCH3 is 2. The van der Waals surface area contributed by atoms with Gasteiger partial charge in [0.2, 0.25) is 0 Å². The van der Waals surface area contributed by atoms with Crippen LogP contribution in [0.4, 0.5) is 0 Å². The van der Waals surface area contributed by atoms with Crippen LogP contribution in [-0.4, -0.2) is 42.4 Å².